The minimum absolute atomic E-state index is 0.475. The van der Waals surface area contributed by atoms with E-state index in [0.29, 0.717) is 6.42 Å². The Hall–Kier alpha value is -1.35. The van der Waals surface area contributed by atoms with Crippen LogP contribution in [0.1, 0.15) is 17.5 Å². The number of nitrogens with zero attached hydrogens (tertiary/aromatic N) is 1. The molecule has 1 aromatic rings. The molecule has 0 fully saturated rings. The quantitative estimate of drug-likeness (QED) is 0.705. The lowest BCUT2D eigenvalue weighted by atomic mass is 10.1. The molecule has 1 N–H and O–H groups in total. The van der Waals surface area contributed by atoms with Crippen LogP contribution in [0, 0.1) is 6.92 Å². The molecule has 0 saturated carbocycles. The van der Waals surface area contributed by atoms with Gasteiger partial charge in [-0.25, -0.2) is 0 Å². The Labute approximate surface area is 76.6 Å². The van der Waals surface area contributed by atoms with Crippen LogP contribution in [0.25, 0.3) is 0 Å². The van der Waals surface area contributed by atoms with E-state index < -0.39 is 6.29 Å². The van der Waals surface area contributed by atoms with E-state index >= 15 is 0 Å². The largest absolute Gasteiger partial charge is 0.363 e. The average Bonchev–Trinajstić information content (AvgIpc) is 2.53. The first-order valence-corrected chi connectivity index (χ1v) is 4.23. The maximum Gasteiger partial charge on any atom is 0.230 e. The molecule has 2 rings (SSSR count). The highest BCUT2D eigenvalue weighted by Crippen LogP contribution is 2.15. The van der Waals surface area contributed by atoms with Crippen LogP contribution in [-0.4, -0.2) is 17.1 Å². The van der Waals surface area contributed by atoms with Crippen molar-refractivity contribution < 1.29 is 9.94 Å². The summed E-state index contributed by atoms with van der Waals surface area (Å²) in [7, 11) is 0. The number of hydrogen-bond donors (Lipinski definition) is 1. The van der Waals surface area contributed by atoms with Crippen LogP contribution in [0.4, 0.5) is 0 Å². The summed E-state index contributed by atoms with van der Waals surface area (Å²) in [6.07, 6.45) is -0.292. The molecule has 0 radical (unpaired) electrons. The Kier molecular flexibility index (Phi) is 2.02. The third-order valence-electron chi connectivity index (χ3n) is 2.04. The van der Waals surface area contributed by atoms with Crippen LogP contribution in [-0.2, 0) is 4.84 Å². The first-order chi connectivity index (χ1) is 6.25. The molecule has 1 aliphatic heterocycles. The molecule has 3 heteroatoms. The van der Waals surface area contributed by atoms with Crippen molar-refractivity contribution in [3.63, 3.8) is 0 Å². The Morgan fingerprint density at radius 2 is 2.08 bits per heavy atom. The third kappa shape index (κ3) is 1.70. The van der Waals surface area contributed by atoms with Crippen LogP contribution in [0.3, 0.4) is 0 Å². The van der Waals surface area contributed by atoms with Gasteiger partial charge in [0, 0.05) is 0 Å². The number of aliphatic hydroxyl groups is 1. The van der Waals surface area contributed by atoms with Crippen LogP contribution in [0.15, 0.2) is 29.4 Å². The topological polar surface area (TPSA) is 41.8 Å². The molecule has 0 amide bonds. The number of hydrogen-bond acceptors (Lipinski definition) is 3. The van der Waals surface area contributed by atoms with Gasteiger partial charge in [0.05, 0.1) is 12.1 Å². The Morgan fingerprint density at radius 1 is 1.38 bits per heavy atom. The molecule has 0 aliphatic carbocycles. The van der Waals surface area contributed by atoms with Crippen LogP contribution >= 0.6 is 0 Å². The van der Waals surface area contributed by atoms with Crippen molar-refractivity contribution in [2.45, 2.75) is 19.6 Å². The van der Waals surface area contributed by atoms with E-state index in [1.807, 2.05) is 31.2 Å². The molecule has 1 unspecified atom stereocenters. The van der Waals surface area contributed by atoms with E-state index in [9.17, 15) is 0 Å². The normalized spacial score (nSPS) is 21.1. The standard InChI is InChI=1S/C10H11NO2/c1-7-2-4-8(5-3-7)9-6-10(12)13-11-9/h2-5,10,12H,6H2,1H3. The summed E-state index contributed by atoms with van der Waals surface area (Å²) in [5, 5.41) is 12.9. The molecule has 68 valence electrons. The van der Waals surface area contributed by atoms with E-state index in [2.05, 4.69) is 5.16 Å². The monoisotopic (exact) mass is 177 g/mol. The number of rotatable bonds is 1. The maximum atomic E-state index is 9.08. The second-order valence-electron chi connectivity index (χ2n) is 3.17. The highest BCUT2D eigenvalue weighted by Gasteiger charge is 2.18. The van der Waals surface area contributed by atoms with Crippen molar-refractivity contribution in [1.82, 2.24) is 0 Å². The van der Waals surface area contributed by atoms with Crippen molar-refractivity contribution in [2.75, 3.05) is 0 Å². The molecule has 0 spiro atoms. The molecule has 3 nitrogen and oxygen atoms in total. The summed E-state index contributed by atoms with van der Waals surface area (Å²) in [6, 6.07) is 8.00. The van der Waals surface area contributed by atoms with Gasteiger partial charge in [-0.1, -0.05) is 35.0 Å². The number of aryl methyl sites for hydroxylation is 1. The highest BCUT2D eigenvalue weighted by atomic mass is 16.7. The molecule has 1 aliphatic rings. The van der Waals surface area contributed by atoms with E-state index in [1.165, 1.54) is 5.56 Å². The average molecular weight is 177 g/mol. The molecule has 13 heavy (non-hydrogen) atoms. The Balaban J connectivity index is 2.22. The summed E-state index contributed by atoms with van der Waals surface area (Å²) in [5.74, 6) is 0. The molecule has 1 atom stereocenters. The predicted octanol–water partition coefficient (Wildman–Crippen LogP) is 1.44. The van der Waals surface area contributed by atoms with E-state index in [4.69, 9.17) is 9.94 Å². The van der Waals surface area contributed by atoms with Gasteiger partial charge >= 0.3 is 0 Å². The zero-order valence-corrected chi connectivity index (χ0v) is 7.40. The second-order valence-corrected chi connectivity index (χ2v) is 3.17. The van der Waals surface area contributed by atoms with Crippen molar-refractivity contribution in [1.29, 1.82) is 0 Å². The van der Waals surface area contributed by atoms with E-state index in [-0.39, 0.29) is 0 Å². The fraction of sp³-hybridized carbons (Fsp3) is 0.300. The zero-order valence-electron chi connectivity index (χ0n) is 7.40. The van der Waals surface area contributed by atoms with E-state index in [1.54, 1.807) is 0 Å². The van der Waals surface area contributed by atoms with Gasteiger partial charge in [-0.15, -0.1) is 0 Å². The van der Waals surface area contributed by atoms with Gasteiger partial charge in [0.1, 0.15) is 0 Å². The van der Waals surface area contributed by atoms with Gasteiger partial charge in [-0.05, 0) is 12.5 Å². The molecular formula is C10H11NO2. The van der Waals surface area contributed by atoms with Gasteiger partial charge in [-0.3, -0.25) is 0 Å². The number of benzene rings is 1. The fourth-order valence-corrected chi connectivity index (χ4v) is 1.28. The SMILES string of the molecule is Cc1ccc(C2=NOC(O)C2)cc1. The van der Waals surface area contributed by atoms with Crippen molar-refractivity contribution in [3.05, 3.63) is 35.4 Å². The van der Waals surface area contributed by atoms with Crippen LogP contribution < -0.4 is 0 Å². The first kappa shape index (κ1) is 8.26. The van der Waals surface area contributed by atoms with Crippen molar-refractivity contribution in [3.8, 4) is 0 Å². The van der Waals surface area contributed by atoms with Gasteiger partial charge in [0.15, 0.2) is 0 Å². The summed E-state index contributed by atoms with van der Waals surface area (Å²) in [4.78, 5) is 4.69. The van der Waals surface area contributed by atoms with Crippen LogP contribution in [0.2, 0.25) is 0 Å². The molecule has 1 heterocycles. The summed E-state index contributed by atoms with van der Waals surface area (Å²) >= 11 is 0. The minimum atomic E-state index is -0.767. The summed E-state index contributed by atoms with van der Waals surface area (Å²) in [6.45, 7) is 2.03. The highest BCUT2D eigenvalue weighted by molar-refractivity contribution is 6.01. The summed E-state index contributed by atoms with van der Waals surface area (Å²) in [5.41, 5.74) is 3.04. The lowest BCUT2D eigenvalue weighted by molar-refractivity contribution is -0.0762. The lowest BCUT2D eigenvalue weighted by Crippen LogP contribution is -2.06. The number of oxime groups is 1. The molecule has 0 saturated heterocycles. The van der Waals surface area contributed by atoms with E-state index in [0.717, 1.165) is 11.3 Å². The minimum Gasteiger partial charge on any atom is -0.363 e. The maximum absolute atomic E-state index is 9.08. The van der Waals surface area contributed by atoms with Crippen molar-refractivity contribution in [2.24, 2.45) is 5.16 Å². The van der Waals surface area contributed by atoms with Gasteiger partial charge in [-0.2, -0.15) is 0 Å². The number of aliphatic hydroxyl groups excluding tert-OH is 1. The second kappa shape index (κ2) is 3.18. The lowest BCUT2D eigenvalue weighted by Gasteiger charge is -1.98. The van der Waals surface area contributed by atoms with Gasteiger partial charge in [0.25, 0.3) is 0 Å². The van der Waals surface area contributed by atoms with Crippen LogP contribution in [0.5, 0.6) is 0 Å². The first-order valence-electron chi connectivity index (χ1n) is 4.23. The van der Waals surface area contributed by atoms with Gasteiger partial charge in [0.2, 0.25) is 6.29 Å². The Morgan fingerprint density at radius 3 is 2.62 bits per heavy atom. The predicted molar refractivity (Wildman–Crippen MR) is 49.4 cm³/mol. The zero-order chi connectivity index (χ0) is 9.26. The molecular weight excluding hydrogens is 166 g/mol. The smallest absolute Gasteiger partial charge is 0.230 e. The third-order valence-corrected chi connectivity index (χ3v) is 2.04. The summed E-state index contributed by atoms with van der Waals surface area (Å²) < 4.78 is 0. The Bertz CT molecular complexity index is 329. The van der Waals surface area contributed by atoms with Gasteiger partial charge < -0.3 is 9.94 Å². The molecule has 1 aromatic carbocycles. The fourth-order valence-electron chi connectivity index (χ4n) is 1.28. The van der Waals surface area contributed by atoms with Crippen molar-refractivity contribution >= 4 is 5.71 Å². The molecule has 0 aromatic heterocycles. The molecule has 0 bridgehead atoms.